The lowest BCUT2D eigenvalue weighted by atomic mass is 9.96. The Hall–Kier alpha value is -1.89. The first-order valence-electron chi connectivity index (χ1n) is 7.23. The van der Waals surface area contributed by atoms with Gasteiger partial charge < -0.3 is 0 Å². The molecule has 0 saturated carbocycles. The van der Waals surface area contributed by atoms with Crippen LogP contribution in [0.15, 0.2) is 48.5 Å². The van der Waals surface area contributed by atoms with Crippen LogP contribution < -0.4 is 0 Å². The number of ketones is 1. The van der Waals surface area contributed by atoms with Gasteiger partial charge in [0.2, 0.25) is 0 Å². The molecule has 1 nitrogen and oxygen atoms in total. The zero-order valence-corrected chi connectivity index (χ0v) is 12.7. The van der Waals surface area contributed by atoms with Crippen LogP contribution >= 0.6 is 0 Å². The molecule has 2 aromatic rings. The average Bonchev–Trinajstić information content (AvgIpc) is 2.46. The molecule has 0 bridgehead atoms. The molecule has 0 fully saturated rings. The number of carbonyl (C=O) groups is 1. The molecule has 20 heavy (non-hydrogen) atoms. The summed E-state index contributed by atoms with van der Waals surface area (Å²) in [6.45, 7) is 8.62. The van der Waals surface area contributed by atoms with E-state index in [-0.39, 0.29) is 5.78 Å². The Morgan fingerprint density at radius 3 is 1.20 bits per heavy atom. The molecule has 0 aliphatic heterocycles. The quantitative estimate of drug-likeness (QED) is 0.698. The molecule has 0 N–H and O–H groups in total. The van der Waals surface area contributed by atoms with Crippen molar-refractivity contribution < 1.29 is 4.79 Å². The van der Waals surface area contributed by atoms with Gasteiger partial charge in [0.1, 0.15) is 0 Å². The van der Waals surface area contributed by atoms with Crippen molar-refractivity contribution in [1.82, 2.24) is 0 Å². The zero-order chi connectivity index (χ0) is 14.7. The van der Waals surface area contributed by atoms with Gasteiger partial charge in [-0.2, -0.15) is 0 Å². The Morgan fingerprint density at radius 1 is 0.650 bits per heavy atom. The molecule has 0 unspecified atom stereocenters. The molecule has 0 aliphatic rings. The topological polar surface area (TPSA) is 17.1 Å². The number of benzene rings is 2. The van der Waals surface area contributed by atoms with E-state index in [0.717, 1.165) is 11.1 Å². The first kappa shape index (κ1) is 14.5. The fourth-order valence-corrected chi connectivity index (χ4v) is 2.21. The van der Waals surface area contributed by atoms with Gasteiger partial charge in [-0.3, -0.25) is 4.79 Å². The van der Waals surface area contributed by atoms with Crippen LogP contribution in [0.5, 0.6) is 0 Å². The van der Waals surface area contributed by atoms with E-state index in [1.54, 1.807) is 0 Å². The van der Waals surface area contributed by atoms with Crippen molar-refractivity contribution in [2.75, 3.05) is 0 Å². The minimum Gasteiger partial charge on any atom is -0.289 e. The summed E-state index contributed by atoms with van der Waals surface area (Å²) in [5, 5.41) is 0. The normalized spacial score (nSPS) is 11.1. The maximum Gasteiger partial charge on any atom is 0.193 e. The van der Waals surface area contributed by atoms with Crippen molar-refractivity contribution in [2.45, 2.75) is 39.5 Å². The Morgan fingerprint density at radius 2 is 0.950 bits per heavy atom. The van der Waals surface area contributed by atoms with Crippen molar-refractivity contribution >= 4 is 5.78 Å². The summed E-state index contributed by atoms with van der Waals surface area (Å²) >= 11 is 0. The van der Waals surface area contributed by atoms with Crippen LogP contribution in [0.4, 0.5) is 0 Å². The fourth-order valence-electron chi connectivity index (χ4n) is 2.21. The highest BCUT2D eigenvalue weighted by atomic mass is 16.1. The molecule has 0 atom stereocenters. The molecule has 0 aliphatic carbocycles. The monoisotopic (exact) mass is 266 g/mol. The summed E-state index contributed by atoms with van der Waals surface area (Å²) < 4.78 is 0. The van der Waals surface area contributed by atoms with E-state index in [1.165, 1.54) is 11.1 Å². The minimum atomic E-state index is 0.0932. The molecule has 0 aromatic heterocycles. The molecular weight excluding hydrogens is 244 g/mol. The number of carbonyl (C=O) groups excluding carboxylic acids is 1. The van der Waals surface area contributed by atoms with Gasteiger partial charge in [-0.1, -0.05) is 76.2 Å². The lowest BCUT2D eigenvalue weighted by Gasteiger charge is -2.08. The van der Waals surface area contributed by atoms with E-state index in [4.69, 9.17) is 0 Å². The van der Waals surface area contributed by atoms with E-state index in [0.29, 0.717) is 11.8 Å². The Kier molecular flexibility index (Phi) is 4.39. The third-order valence-corrected chi connectivity index (χ3v) is 3.68. The van der Waals surface area contributed by atoms with Crippen LogP contribution in [0.1, 0.15) is 66.6 Å². The molecule has 0 saturated heterocycles. The van der Waals surface area contributed by atoms with Gasteiger partial charge in [0, 0.05) is 11.1 Å². The Balaban J connectivity index is 2.22. The second kappa shape index (κ2) is 6.04. The summed E-state index contributed by atoms with van der Waals surface area (Å²) in [6, 6.07) is 15.9. The summed E-state index contributed by atoms with van der Waals surface area (Å²) in [4.78, 5) is 12.4. The lowest BCUT2D eigenvalue weighted by Crippen LogP contribution is -2.02. The summed E-state index contributed by atoms with van der Waals surface area (Å²) in [5.41, 5.74) is 4.03. The number of hydrogen-bond donors (Lipinski definition) is 0. The van der Waals surface area contributed by atoms with Crippen LogP contribution in [-0.2, 0) is 0 Å². The fraction of sp³-hybridized carbons (Fsp3) is 0.316. The van der Waals surface area contributed by atoms with E-state index in [1.807, 2.05) is 48.5 Å². The standard InChI is InChI=1S/C19H22O/c1-13(2)15-5-9-17(10-6-15)19(20)18-11-7-16(8-12-18)14(3)4/h5-14H,1-4H3. The summed E-state index contributed by atoms with van der Waals surface area (Å²) in [5.74, 6) is 1.07. The lowest BCUT2D eigenvalue weighted by molar-refractivity contribution is 0.103. The maximum atomic E-state index is 12.4. The third-order valence-electron chi connectivity index (χ3n) is 3.68. The largest absolute Gasteiger partial charge is 0.289 e. The molecule has 1 heteroatoms. The molecule has 0 heterocycles. The molecule has 0 radical (unpaired) electrons. The van der Waals surface area contributed by atoms with Crippen LogP contribution in [0.3, 0.4) is 0 Å². The van der Waals surface area contributed by atoms with Crippen molar-refractivity contribution in [3.63, 3.8) is 0 Å². The van der Waals surface area contributed by atoms with Gasteiger partial charge in [0.25, 0.3) is 0 Å². The third kappa shape index (κ3) is 3.16. The van der Waals surface area contributed by atoms with Crippen molar-refractivity contribution in [2.24, 2.45) is 0 Å². The SMILES string of the molecule is CC(C)c1ccc(C(=O)c2ccc(C(C)C)cc2)cc1. The molecule has 2 rings (SSSR count). The zero-order valence-electron chi connectivity index (χ0n) is 12.7. The van der Waals surface area contributed by atoms with Gasteiger partial charge in [0.15, 0.2) is 5.78 Å². The molecule has 2 aromatic carbocycles. The van der Waals surface area contributed by atoms with E-state index in [9.17, 15) is 4.79 Å². The second-order valence-electron chi connectivity index (χ2n) is 5.88. The highest BCUT2D eigenvalue weighted by Crippen LogP contribution is 2.19. The smallest absolute Gasteiger partial charge is 0.193 e. The Bertz CT molecular complexity index is 521. The number of rotatable bonds is 4. The van der Waals surface area contributed by atoms with Gasteiger partial charge in [-0.15, -0.1) is 0 Å². The average molecular weight is 266 g/mol. The summed E-state index contributed by atoms with van der Waals surface area (Å²) in [6.07, 6.45) is 0. The van der Waals surface area contributed by atoms with Gasteiger partial charge >= 0.3 is 0 Å². The molecule has 0 spiro atoms. The van der Waals surface area contributed by atoms with Crippen molar-refractivity contribution in [3.8, 4) is 0 Å². The predicted octanol–water partition coefficient (Wildman–Crippen LogP) is 5.16. The van der Waals surface area contributed by atoms with Crippen molar-refractivity contribution in [1.29, 1.82) is 0 Å². The first-order valence-corrected chi connectivity index (χ1v) is 7.23. The first-order chi connectivity index (χ1) is 9.49. The molecule has 0 amide bonds. The second-order valence-corrected chi connectivity index (χ2v) is 5.88. The van der Waals surface area contributed by atoms with E-state index >= 15 is 0 Å². The minimum absolute atomic E-state index is 0.0932. The highest BCUT2D eigenvalue weighted by molar-refractivity contribution is 6.09. The van der Waals surface area contributed by atoms with Crippen LogP contribution in [0, 0.1) is 0 Å². The maximum absolute atomic E-state index is 12.4. The van der Waals surface area contributed by atoms with Gasteiger partial charge in [0.05, 0.1) is 0 Å². The molecule has 104 valence electrons. The summed E-state index contributed by atoms with van der Waals surface area (Å²) in [7, 11) is 0. The van der Waals surface area contributed by atoms with E-state index in [2.05, 4.69) is 27.7 Å². The van der Waals surface area contributed by atoms with E-state index < -0.39 is 0 Å². The highest BCUT2D eigenvalue weighted by Gasteiger charge is 2.10. The molecular formula is C19H22O. The van der Waals surface area contributed by atoms with Gasteiger partial charge in [-0.05, 0) is 23.0 Å². The van der Waals surface area contributed by atoms with Crippen LogP contribution in [-0.4, -0.2) is 5.78 Å². The van der Waals surface area contributed by atoms with Crippen LogP contribution in [0.25, 0.3) is 0 Å². The van der Waals surface area contributed by atoms with Crippen LogP contribution in [0.2, 0.25) is 0 Å². The predicted molar refractivity (Wildman–Crippen MR) is 84.5 cm³/mol. The van der Waals surface area contributed by atoms with Gasteiger partial charge in [-0.25, -0.2) is 0 Å². The van der Waals surface area contributed by atoms with Crippen molar-refractivity contribution in [3.05, 3.63) is 70.8 Å². The Labute approximate surface area is 121 Å². The number of hydrogen-bond acceptors (Lipinski definition) is 1.